The highest BCUT2D eigenvalue weighted by Crippen LogP contribution is 2.31. The van der Waals surface area contributed by atoms with Crippen molar-refractivity contribution in [3.8, 4) is 0 Å². The van der Waals surface area contributed by atoms with E-state index >= 15 is 0 Å². The van der Waals surface area contributed by atoms with E-state index in [4.69, 9.17) is 0 Å². The highest BCUT2D eigenvalue weighted by molar-refractivity contribution is 7.14. The predicted octanol–water partition coefficient (Wildman–Crippen LogP) is 4.42. The molecule has 0 spiro atoms. The van der Waals surface area contributed by atoms with Gasteiger partial charge in [0.2, 0.25) is 5.78 Å². The summed E-state index contributed by atoms with van der Waals surface area (Å²) in [5, 5.41) is 0. The molecule has 19 heavy (non-hydrogen) atoms. The fourth-order valence-electron chi connectivity index (χ4n) is 2.74. The second kappa shape index (κ2) is 5.30. The molecule has 1 nitrogen and oxygen atoms in total. The van der Waals surface area contributed by atoms with E-state index in [-0.39, 0.29) is 5.78 Å². The summed E-state index contributed by atoms with van der Waals surface area (Å²) in [7, 11) is 0. The molecule has 0 radical (unpaired) electrons. The molecule has 0 amide bonds. The first-order valence-corrected chi connectivity index (χ1v) is 7.85. The average molecular weight is 270 g/mol. The van der Waals surface area contributed by atoms with Crippen molar-refractivity contribution in [1.82, 2.24) is 0 Å². The van der Waals surface area contributed by atoms with E-state index in [1.165, 1.54) is 22.4 Å². The molecule has 0 fully saturated rings. The number of ketones is 1. The van der Waals surface area contributed by atoms with Crippen LogP contribution in [0.4, 0.5) is 0 Å². The van der Waals surface area contributed by atoms with Crippen LogP contribution in [-0.2, 0) is 19.3 Å². The number of carbonyl (C=O) groups excluding carboxylic acids is 1. The SMILES string of the molecule is CCCc1cccc(C(=O)c2cc3c(s2)CCC3)c1. The van der Waals surface area contributed by atoms with Crippen molar-refractivity contribution in [3.05, 3.63) is 56.8 Å². The third-order valence-corrected chi connectivity index (χ3v) is 4.93. The van der Waals surface area contributed by atoms with E-state index in [0.717, 1.165) is 36.1 Å². The van der Waals surface area contributed by atoms with Crippen LogP contribution in [0, 0.1) is 0 Å². The molecule has 0 atom stereocenters. The van der Waals surface area contributed by atoms with Crippen LogP contribution in [0.5, 0.6) is 0 Å². The summed E-state index contributed by atoms with van der Waals surface area (Å²) in [4.78, 5) is 14.9. The minimum atomic E-state index is 0.192. The minimum Gasteiger partial charge on any atom is -0.288 e. The second-order valence-electron chi connectivity index (χ2n) is 5.19. The molecule has 0 bridgehead atoms. The van der Waals surface area contributed by atoms with Crippen molar-refractivity contribution in [2.24, 2.45) is 0 Å². The number of rotatable bonds is 4. The van der Waals surface area contributed by atoms with E-state index in [0.29, 0.717) is 0 Å². The highest BCUT2D eigenvalue weighted by atomic mass is 32.1. The Bertz CT molecular complexity index is 588. The summed E-state index contributed by atoms with van der Waals surface area (Å²) in [6.45, 7) is 2.16. The molecule has 0 N–H and O–H groups in total. The lowest BCUT2D eigenvalue weighted by Gasteiger charge is -2.02. The van der Waals surface area contributed by atoms with Gasteiger partial charge in [-0.3, -0.25) is 4.79 Å². The fourth-order valence-corrected chi connectivity index (χ4v) is 3.96. The maximum absolute atomic E-state index is 12.5. The highest BCUT2D eigenvalue weighted by Gasteiger charge is 2.19. The smallest absolute Gasteiger partial charge is 0.202 e. The van der Waals surface area contributed by atoms with Gasteiger partial charge in [-0.25, -0.2) is 0 Å². The van der Waals surface area contributed by atoms with Gasteiger partial charge in [0.15, 0.2) is 0 Å². The molecule has 2 aromatic rings. The van der Waals surface area contributed by atoms with Gasteiger partial charge in [0.25, 0.3) is 0 Å². The Kier molecular flexibility index (Phi) is 3.52. The number of thiophene rings is 1. The summed E-state index contributed by atoms with van der Waals surface area (Å²) < 4.78 is 0. The molecule has 0 unspecified atom stereocenters. The van der Waals surface area contributed by atoms with Crippen molar-refractivity contribution in [2.45, 2.75) is 39.0 Å². The van der Waals surface area contributed by atoms with Crippen LogP contribution in [0.25, 0.3) is 0 Å². The maximum Gasteiger partial charge on any atom is 0.202 e. The van der Waals surface area contributed by atoms with Crippen LogP contribution in [0.3, 0.4) is 0 Å². The first kappa shape index (κ1) is 12.6. The molecule has 1 aromatic heterocycles. The van der Waals surface area contributed by atoms with E-state index in [1.54, 1.807) is 11.3 Å². The lowest BCUT2D eigenvalue weighted by molar-refractivity contribution is 0.104. The molecule has 1 aliphatic rings. The third kappa shape index (κ3) is 2.50. The van der Waals surface area contributed by atoms with Gasteiger partial charge in [0.1, 0.15) is 0 Å². The van der Waals surface area contributed by atoms with Crippen LogP contribution < -0.4 is 0 Å². The predicted molar refractivity (Wildman–Crippen MR) is 80.2 cm³/mol. The van der Waals surface area contributed by atoms with Crippen LogP contribution in [0.15, 0.2) is 30.3 Å². The second-order valence-corrected chi connectivity index (χ2v) is 6.33. The number of hydrogen-bond donors (Lipinski definition) is 0. The number of aryl methyl sites for hydroxylation is 3. The van der Waals surface area contributed by atoms with Crippen molar-refractivity contribution in [2.75, 3.05) is 0 Å². The Hall–Kier alpha value is -1.41. The first-order valence-electron chi connectivity index (χ1n) is 7.03. The van der Waals surface area contributed by atoms with Crippen molar-refractivity contribution < 1.29 is 4.79 Å². The fraction of sp³-hybridized carbons (Fsp3) is 0.353. The summed E-state index contributed by atoms with van der Waals surface area (Å²) in [5.74, 6) is 0.192. The number of hydrogen-bond acceptors (Lipinski definition) is 2. The van der Waals surface area contributed by atoms with Crippen molar-refractivity contribution in [1.29, 1.82) is 0 Å². The standard InChI is InChI=1S/C17H18OS/c1-2-5-12-6-3-8-14(10-12)17(18)16-11-13-7-4-9-15(13)19-16/h3,6,8,10-11H,2,4-5,7,9H2,1H3. The molecule has 0 saturated carbocycles. The van der Waals surface area contributed by atoms with Gasteiger partial charge < -0.3 is 0 Å². The lowest BCUT2D eigenvalue weighted by Crippen LogP contribution is -1.99. The summed E-state index contributed by atoms with van der Waals surface area (Å²) in [6.07, 6.45) is 5.72. The van der Waals surface area contributed by atoms with E-state index in [9.17, 15) is 4.79 Å². The van der Waals surface area contributed by atoms with Crippen LogP contribution >= 0.6 is 11.3 Å². The van der Waals surface area contributed by atoms with Crippen LogP contribution in [-0.4, -0.2) is 5.78 Å². The monoisotopic (exact) mass is 270 g/mol. The molecular formula is C17H18OS. The quantitative estimate of drug-likeness (QED) is 0.752. The number of fused-ring (bicyclic) bond motifs is 1. The zero-order valence-corrected chi connectivity index (χ0v) is 12.1. The van der Waals surface area contributed by atoms with Gasteiger partial charge in [-0.1, -0.05) is 31.5 Å². The summed E-state index contributed by atoms with van der Waals surface area (Å²) in [5.41, 5.74) is 3.50. The molecule has 1 aliphatic carbocycles. The number of benzene rings is 1. The van der Waals surface area contributed by atoms with Gasteiger partial charge >= 0.3 is 0 Å². The molecule has 1 heterocycles. The van der Waals surface area contributed by atoms with Gasteiger partial charge in [-0.05, 0) is 48.9 Å². The largest absolute Gasteiger partial charge is 0.288 e. The van der Waals surface area contributed by atoms with Gasteiger partial charge in [-0.15, -0.1) is 11.3 Å². The zero-order valence-electron chi connectivity index (χ0n) is 11.2. The third-order valence-electron chi connectivity index (χ3n) is 3.70. The summed E-state index contributed by atoms with van der Waals surface area (Å²) in [6, 6.07) is 10.2. The molecule has 0 saturated heterocycles. The van der Waals surface area contributed by atoms with Crippen LogP contribution in [0.2, 0.25) is 0 Å². The Balaban J connectivity index is 1.88. The van der Waals surface area contributed by atoms with Crippen molar-refractivity contribution in [3.63, 3.8) is 0 Å². The topological polar surface area (TPSA) is 17.1 Å². The van der Waals surface area contributed by atoms with E-state index < -0.39 is 0 Å². The lowest BCUT2D eigenvalue weighted by atomic mass is 10.0. The van der Waals surface area contributed by atoms with Gasteiger partial charge in [-0.2, -0.15) is 0 Å². The molecule has 3 rings (SSSR count). The Morgan fingerprint density at radius 3 is 2.95 bits per heavy atom. The zero-order chi connectivity index (χ0) is 13.2. The Morgan fingerprint density at radius 2 is 2.16 bits per heavy atom. The first-order chi connectivity index (χ1) is 9.28. The molecular weight excluding hydrogens is 252 g/mol. The van der Waals surface area contributed by atoms with E-state index in [1.807, 2.05) is 12.1 Å². The number of carbonyl (C=O) groups is 1. The Morgan fingerprint density at radius 1 is 1.26 bits per heavy atom. The molecule has 98 valence electrons. The van der Waals surface area contributed by atoms with E-state index in [2.05, 4.69) is 25.1 Å². The molecule has 0 aliphatic heterocycles. The van der Waals surface area contributed by atoms with Crippen LogP contribution in [0.1, 0.15) is 51.0 Å². The van der Waals surface area contributed by atoms with Gasteiger partial charge in [0, 0.05) is 10.4 Å². The Labute approximate surface area is 118 Å². The van der Waals surface area contributed by atoms with Gasteiger partial charge in [0.05, 0.1) is 4.88 Å². The van der Waals surface area contributed by atoms with Crippen molar-refractivity contribution >= 4 is 17.1 Å². The average Bonchev–Trinajstić information content (AvgIpc) is 2.99. The maximum atomic E-state index is 12.5. The normalized spacial score (nSPS) is 13.5. The summed E-state index contributed by atoms with van der Waals surface area (Å²) >= 11 is 1.69. The minimum absolute atomic E-state index is 0.192. The molecule has 2 heteroatoms. The molecule has 1 aromatic carbocycles.